The third-order valence-corrected chi connectivity index (χ3v) is 5.07. The van der Waals surface area contributed by atoms with Crippen molar-refractivity contribution < 1.29 is 4.79 Å². The molecule has 3 heterocycles. The number of aromatic amines is 1. The molecule has 0 aromatic carbocycles. The van der Waals surface area contributed by atoms with Crippen LogP contribution in [0.2, 0.25) is 0 Å². The van der Waals surface area contributed by atoms with Gasteiger partial charge in [-0.3, -0.25) is 14.8 Å². The van der Waals surface area contributed by atoms with Crippen LogP contribution in [0.3, 0.4) is 0 Å². The number of likely N-dealkylation sites (N-methyl/N-ethyl adjacent to an activating group) is 1. The molecule has 0 atom stereocenters. The van der Waals surface area contributed by atoms with Crippen LogP contribution in [0.1, 0.15) is 10.6 Å². The van der Waals surface area contributed by atoms with E-state index in [9.17, 15) is 4.79 Å². The summed E-state index contributed by atoms with van der Waals surface area (Å²) in [5, 5.41) is 14.3. The second-order valence-electron chi connectivity index (χ2n) is 5.28. The first-order valence-corrected chi connectivity index (χ1v) is 9.02. The minimum absolute atomic E-state index is 0.0268. The minimum atomic E-state index is 0.0268. The normalized spacial score (nSPS) is 11.0. The van der Waals surface area contributed by atoms with Crippen molar-refractivity contribution in [3.8, 4) is 10.6 Å². The molecule has 0 saturated carbocycles. The molecular weight excluding hydrogens is 328 g/mol. The maximum absolute atomic E-state index is 12.0. The summed E-state index contributed by atoms with van der Waals surface area (Å²) < 4.78 is 0. The molecule has 23 heavy (non-hydrogen) atoms. The van der Waals surface area contributed by atoms with Crippen molar-refractivity contribution in [3.63, 3.8) is 0 Å². The fourth-order valence-corrected chi connectivity index (χ4v) is 3.57. The van der Waals surface area contributed by atoms with Crippen LogP contribution in [0, 0.1) is 0 Å². The standard InChI is InChI=1S/C16H18N4OS2/c1-20(11-16(21)17-9-13-4-2-6-22-13)10-12-8-14(19-18-12)15-5-3-7-23-15/h2-8H,9-11H2,1H3,(H,17,21)(H,18,19). The lowest BCUT2D eigenvalue weighted by Crippen LogP contribution is -2.34. The number of carbonyl (C=O) groups is 1. The highest BCUT2D eigenvalue weighted by Gasteiger charge is 2.10. The molecule has 3 aromatic rings. The van der Waals surface area contributed by atoms with Crippen LogP contribution in [0.5, 0.6) is 0 Å². The Labute approximate surface area is 143 Å². The summed E-state index contributed by atoms with van der Waals surface area (Å²) in [4.78, 5) is 16.2. The lowest BCUT2D eigenvalue weighted by molar-refractivity contribution is -0.122. The van der Waals surface area contributed by atoms with Gasteiger partial charge in [-0.25, -0.2) is 0 Å². The van der Waals surface area contributed by atoms with Gasteiger partial charge in [-0.2, -0.15) is 5.10 Å². The highest BCUT2D eigenvalue weighted by molar-refractivity contribution is 7.13. The van der Waals surface area contributed by atoms with Crippen molar-refractivity contribution in [2.24, 2.45) is 0 Å². The topological polar surface area (TPSA) is 61.0 Å². The number of amides is 1. The number of thiophene rings is 2. The highest BCUT2D eigenvalue weighted by Crippen LogP contribution is 2.23. The van der Waals surface area contributed by atoms with Crippen LogP contribution < -0.4 is 5.32 Å². The molecule has 3 rings (SSSR count). The number of nitrogens with zero attached hydrogens (tertiary/aromatic N) is 2. The van der Waals surface area contributed by atoms with E-state index in [0.717, 1.165) is 21.1 Å². The molecule has 0 spiro atoms. The fraction of sp³-hybridized carbons (Fsp3) is 0.250. The molecule has 120 valence electrons. The van der Waals surface area contributed by atoms with Gasteiger partial charge in [-0.15, -0.1) is 22.7 Å². The van der Waals surface area contributed by atoms with E-state index in [-0.39, 0.29) is 5.91 Å². The molecule has 0 bridgehead atoms. The van der Waals surface area contributed by atoms with Crippen LogP contribution in [0.25, 0.3) is 10.6 Å². The van der Waals surface area contributed by atoms with Crippen molar-refractivity contribution in [2.45, 2.75) is 13.1 Å². The quantitative estimate of drug-likeness (QED) is 0.691. The molecule has 5 nitrogen and oxygen atoms in total. The molecule has 0 aliphatic heterocycles. The van der Waals surface area contributed by atoms with Gasteiger partial charge in [0.15, 0.2) is 0 Å². The first-order valence-electron chi connectivity index (χ1n) is 7.26. The number of nitrogens with one attached hydrogen (secondary N) is 2. The third kappa shape index (κ3) is 4.51. The SMILES string of the molecule is CN(CC(=O)NCc1cccs1)Cc1cc(-c2cccs2)n[nH]1. The summed E-state index contributed by atoms with van der Waals surface area (Å²) in [6, 6.07) is 10.1. The van der Waals surface area contributed by atoms with Crippen LogP contribution in [0.15, 0.2) is 41.1 Å². The second-order valence-corrected chi connectivity index (χ2v) is 7.26. The number of hydrogen-bond acceptors (Lipinski definition) is 5. The zero-order valence-electron chi connectivity index (χ0n) is 12.8. The molecule has 0 radical (unpaired) electrons. The highest BCUT2D eigenvalue weighted by atomic mass is 32.1. The molecule has 7 heteroatoms. The number of rotatable bonds is 7. The monoisotopic (exact) mass is 346 g/mol. The van der Waals surface area contributed by atoms with E-state index < -0.39 is 0 Å². The van der Waals surface area contributed by atoms with Crippen LogP contribution in [-0.4, -0.2) is 34.6 Å². The number of hydrogen-bond donors (Lipinski definition) is 2. The third-order valence-electron chi connectivity index (χ3n) is 3.30. The lowest BCUT2D eigenvalue weighted by Gasteiger charge is -2.14. The molecule has 1 amide bonds. The Morgan fingerprint density at radius 2 is 2.13 bits per heavy atom. The van der Waals surface area contributed by atoms with Gasteiger partial charge in [0, 0.05) is 17.1 Å². The summed E-state index contributed by atoms with van der Waals surface area (Å²) in [7, 11) is 1.93. The van der Waals surface area contributed by atoms with E-state index in [2.05, 4.69) is 15.5 Å². The zero-order chi connectivity index (χ0) is 16.1. The summed E-state index contributed by atoms with van der Waals surface area (Å²) >= 11 is 3.31. The molecule has 0 aliphatic carbocycles. The molecule has 0 saturated heterocycles. The minimum Gasteiger partial charge on any atom is -0.350 e. The number of aromatic nitrogens is 2. The Kier molecular flexibility index (Phi) is 5.22. The van der Waals surface area contributed by atoms with E-state index >= 15 is 0 Å². The average Bonchev–Trinajstić information content (AvgIpc) is 3.26. The van der Waals surface area contributed by atoms with E-state index in [1.807, 2.05) is 53.0 Å². The van der Waals surface area contributed by atoms with Crippen molar-refractivity contribution in [3.05, 3.63) is 51.7 Å². The Hall–Kier alpha value is -1.96. The van der Waals surface area contributed by atoms with E-state index in [1.165, 1.54) is 0 Å². The van der Waals surface area contributed by atoms with Gasteiger partial charge in [0.1, 0.15) is 5.69 Å². The summed E-state index contributed by atoms with van der Waals surface area (Å²) in [6.45, 7) is 1.61. The Morgan fingerprint density at radius 3 is 2.87 bits per heavy atom. The Balaban J connectivity index is 1.47. The van der Waals surface area contributed by atoms with E-state index in [0.29, 0.717) is 19.6 Å². The van der Waals surface area contributed by atoms with Crippen molar-refractivity contribution in [1.29, 1.82) is 0 Å². The summed E-state index contributed by atoms with van der Waals surface area (Å²) in [5.41, 5.74) is 1.95. The van der Waals surface area contributed by atoms with Gasteiger partial charge in [0.25, 0.3) is 0 Å². The van der Waals surface area contributed by atoms with Gasteiger partial charge in [-0.05, 0) is 36.0 Å². The van der Waals surface area contributed by atoms with E-state index in [4.69, 9.17) is 0 Å². The van der Waals surface area contributed by atoms with Gasteiger partial charge in [0.05, 0.1) is 18.0 Å². The predicted molar refractivity (Wildman–Crippen MR) is 94.4 cm³/mol. The molecule has 0 aliphatic rings. The molecule has 0 unspecified atom stereocenters. The van der Waals surface area contributed by atoms with Crippen LogP contribution in [0.4, 0.5) is 0 Å². The van der Waals surface area contributed by atoms with Crippen LogP contribution >= 0.6 is 22.7 Å². The predicted octanol–water partition coefficient (Wildman–Crippen LogP) is 2.95. The molecule has 0 fully saturated rings. The first kappa shape index (κ1) is 15.9. The summed E-state index contributed by atoms with van der Waals surface area (Å²) in [6.07, 6.45) is 0. The lowest BCUT2D eigenvalue weighted by atomic mass is 10.3. The maximum atomic E-state index is 12.0. The fourth-order valence-electron chi connectivity index (χ4n) is 2.24. The number of carbonyl (C=O) groups excluding carboxylic acids is 1. The van der Waals surface area contributed by atoms with Gasteiger partial charge in [0.2, 0.25) is 5.91 Å². The van der Waals surface area contributed by atoms with Gasteiger partial charge < -0.3 is 5.32 Å². The summed E-state index contributed by atoms with van der Waals surface area (Å²) in [5.74, 6) is 0.0268. The largest absolute Gasteiger partial charge is 0.350 e. The number of H-pyrrole nitrogens is 1. The average molecular weight is 346 g/mol. The zero-order valence-corrected chi connectivity index (χ0v) is 14.4. The van der Waals surface area contributed by atoms with Crippen molar-refractivity contribution in [2.75, 3.05) is 13.6 Å². The molecule has 3 aromatic heterocycles. The Bertz CT molecular complexity index is 734. The van der Waals surface area contributed by atoms with Gasteiger partial charge in [-0.1, -0.05) is 12.1 Å². The van der Waals surface area contributed by atoms with Crippen molar-refractivity contribution in [1.82, 2.24) is 20.4 Å². The second kappa shape index (κ2) is 7.54. The first-order chi connectivity index (χ1) is 11.2. The molecule has 2 N–H and O–H groups in total. The van der Waals surface area contributed by atoms with Crippen LogP contribution in [-0.2, 0) is 17.9 Å². The van der Waals surface area contributed by atoms with Crippen molar-refractivity contribution >= 4 is 28.6 Å². The Morgan fingerprint density at radius 1 is 1.30 bits per heavy atom. The van der Waals surface area contributed by atoms with Gasteiger partial charge >= 0.3 is 0 Å². The maximum Gasteiger partial charge on any atom is 0.234 e. The smallest absolute Gasteiger partial charge is 0.234 e. The van der Waals surface area contributed by atoms with E-state index in [1.54, 1.807) is 22.7 Å². The molecular formula is C16H18N4OS2.